The zero-order valence-electron chi connectivity index (χ0n) is 17.0. The Morgan fingerprint density at radius 3 is 2.53 bits per heavy atom. The third-order valence-electron chi connectivity index (χ3n) is 4.11. The lowest BCUT2D eigenvalue weighted by Crippen LogP contribution is -2.22. The Morgan fingerprint density at radius 1 is 1.10 bits per heavy atom. The maximum absolute atomic E-state index is 12.4. The second kappa shape index (κ2) is 9.89. The minimum absolute atomic E-state index is 0.00807. The van der Waals surface area contributed by atoms with Gasteiger partial charge in [-0.25, -0.2) is 9.78 Å². The van der Waals surface area contributed by atoms with E-state index in [1.54, 1.807) is 23.6 Å². The van der Waals surface area contributed by atoms with E-state index in [1.807, 2.05) is 37.3 Å². The summed E-state index contributed by atoms with van der Waals surface area (Å²) in [6, 6.07) is 14.1. The van der Waals surface area contributed by atoms with E-state index < -0.39 is 5.97 Å². The Labute approximate surface area is 178 Å². The molecule has 0 saturated carbocycles. The van der Waals surface area contributed by atoms with Gasteiger partial charge in [-0.3, -0.25) is 9.69 Å². The fraction of sp³-hybridized carbons (Fsp3) is 0.227. The van der Waals surface area contributed by atoms with Crippen molar-refractivity contribution in [2.75, 3.05) is 18.6 Å². The van der Waals surface area contributed by atoms with Gasteiger partial charge in [-0.05, 0) is 37.3 Å². The van der Waals surface area contributed by atoms with Crippen molar-refractivity contribution in [2.45, 2.75) is 20.5 Å². The van der Waals surface area contributed by atoms with Crippen molar-refractivity contribution in [3.63, 3.8) is 0 Å². The van der Waals surface area contributed by atoms with Gasteiger partial charge in [-0.15, -0.1) is 11.3 Å². The lowest BCUT2D eigenvalue weighted by atomic mass is 10.2. The van der Waals surface area contributed by atoms with Crippen LogP contribution in [0.1, 0.15) is 29.9 Å². The van der Waals surface area contributed by atoms with Gasteiger partial charge in [0.2, 0.25) is 5.91 Å². The fourth-order valence-electron chi connectivity index (χ4n) is 2.76. The van der Waals surface area contributed by atoms with Crippen LogP contribution >= 0.6 is 11.3 Å². The molecule has 0 fully saturated rings. The molecule has 0 bridgehead atoms. The number of methoxy groups -OCH3 is 1. The summed E-state index contributed by atoms with van der Waals surface area (Å²) in [5.41, 5.74) is 1.64. The molecule has 0 atom stereocenters. The summed E-state index contributed by atoms with van der Waals surface area (Å²) < 4.78 is 16.1. The zero-order chi connectivity index (χ0) is 21.5. The normalized spacial score (nSPS) is 10.4. The molecular formula is C22H22N2O5S. The molecule has 1 aromatic heterocycles. The average molecular weight is 426 g/mol. The molecule has 30 heavy (non-hydrogen) atoms. The Balaban J connectivity index is 1.70. The Bertz CT molecular complexity index is 1020. The molecule has 0 spiro atoms. The highest BCUT2D eigenvalue weighted by atomic mass is 32.1. The van der Waals surface area contributed by atoms with Gasteiger partial charge in [0.25, 0.3) is 0 Å². The van der Waals surface area contributed by atoms with Gasteiger partial charge in [0.15, 0.2) is 16.6 Å². The molecule has 2 aromatic carbocycles. The number of carbonyl (C=O) groups is 2. The third-order valence-corrected chi connectivity index (χ3v) is 4.99. The van der Waals surface area contributed by atoms with Crippen LogP contribution in [-0.4, -0.2) is 30.6 Å². The number of benzene rings is 2. The quantitative estimate of drug-likeness (QED) is 0.490. The molecule has 0 saturated heterocycles. The van der Waals surface area contributed by atoms with Crippen LogP contribution < -0.4 is 14.4 Å². The number of carbonyl (C=O) groups excluding carboxylic acids is 2. The van der Waals surface area contributed by atoms with E-state index in [0.717, 1.165) is 5.69 Å². The minimum atomic E-state index is -0.500. The number of ether oxygens (including phenoxy) is 3. The highest BCUT2D eigenvalue weighted by molar-refractivity contribution is 7.14. The summed E-state index contributed by atoms with van der Waals surface area (Å²) in [5.74, 6) is 0.369. The lowest BCUT2D eigenvalue weighted by Gasteiger charge is -2.17. The average Bonchev–Trinajstić information content (AvgIpc) is 3.21. The Kier molecular flexibility index (Phi) is 7.03. The van der Waals surface area contributed by atoms with Crippen LogP contribution in [0, 0.1) is 0 Å². The standard InChI is InChI=1S/C22H22N2O5S/c1-4-28-20-12-16(10-11-19(20)27-3)21(26)29-13-17-14-30-22(23-17)24(15(2)25)18-8-6-5-7-9-18/h5-12,14H,4,13H2,1-3H3. The summed E-state index contributed by atoms with van der Waals surface area (Å²) in [6.07, 6.45) is 0. The second-order valence-corrected chi connectivity index (χ2v) is 7.02. The maximum atomic E-state index is 12.4. The molecule has 0 aliphatic rings. The first-order chi connectivity index (χ1) is 14.5. The second-order valence-electron chi connectivity index (χ2n) is 6.19. The molecule has 1 heterocycles. The monoisotopic (exact) mass is 426 g/mol. The first-order valence-corrected chi connectivity index (χ1v) is 10.2. The molecular weight excluding hydrogens is 404 g/mol. The number of hydrogen-bond acceptors (Lipinski definition) is 7. The minimum Gasteiger partial charge on any atom is -0.493 e. The van der Waals surface area contributed by atoms with Gasteiger partial charge < -0.3 is 14.2 Å². The smallest absolute Gasteiger partial charge is 0.338 e. The third kappa shape index (κ3) is 4.96. The predicted molar refractivity (Wildman–Crippen MR) is 115 cm³/mol. The van der Waals surface area contributed by atoms with E-state index in [2.05, 4.69) is 4.98 Å². The van der Waals surface area contributed by atoms with E-state index >= 15 is 0 Å². The van der Waals surface area contributed by atoms with Crippen LogP contribution in [0.2, 0.25) is 0 Å². The molecule has 0 aliphatic carbocycles. The lowest BCUT2D eigenvalue weighted by molar-refractivity contribution is -0.115. The molecule has 3 aromatic rings. The highest BCUT2D eigenvalue weighted by Gasteiger charge is 2.18. The van der Waals surface area contributed by atoms with Crippen molar-refractivity contribution in [3.05, 3.63) is 65.2 Å². The highest BCUT2D eigenvalue weighted by Crippen LogP contribution is 2.30. The van der Waals surface area contributed by atoms with Gasteiger partial charge >= 0.3 is 5.97 Å². The van der Waals surface area contributed by atoms with E-state index in [4.69, 9.17) is 14.2 Å². The SMILES string of the molecule is CCOc1cc(C(=O)OCc2csc(N(C(C)=O)c3ccccc3)n2)ccc1OC. The zero-order valence-corrected chi connectivity index (χ0v) is 17.8. The van der Waals surface area contributed by atoms with Crippen molar-refractivity contribution in [2.24, 2.45) is 0 Å². The number of aromatic nitrogens is 1. The summed E-state index contributed by atoms with van der Waals surface area (Å²) >= 11 is 1.31. The molecule has 7 nitrogen and oxygen atoms in total. The number of rotatable bonds is 8. The van der Waals surface area contributed by atoms with Crippen molar-refractivity contribution < 1.29 is 23.8 Å². The molecule has 156 valence electrons. The first kappa shape index (κ1) is 21.3. The van der Waals surface area contributed by atoms with Crippen molar-refractivity contribution in [1.82, 2.24) is 4.98 Å². The number of para-hydroxylation sites is 1. The summed E-state index contributed by atoms with van der Waals surface area (Å²) in [6.45, 7) is 3.77. The summed E-state index contributed by atoms with van der Waals surface area (Å²) in [4.78, 5) is 30.5. The van der Waals surface area contributed by atoms with Crippen LogP contribution in [-0.2, 0) is 16.1 Å². The van der Waals surface area contributed by atoms with E-state index in [0.29, 0.717) is 34.5 Å². The summed E-state index contributed by atoms with van der Waals surface area (Å²) in [5, 5.41) is 2.28. The number of esters is 1. The number of hydrogen-bond donors (Lipinski definition) is 0. The van der Waals surface area contributed by atoms with Crippen LogP contribution in [0.5, 0.6) is 11.5 Å². The number of amides is 1. The van der Waals surface area contributed by atoms with Crippen molar-refractivity contribution >= 4 is 34.0 Å². The van der Waals surface area contributed by atoms with E-state index in [9.17, 15) is 9.59 Å². The van der Waals surface area contributed by atoms with Crippen molar-refractivity contribution in [1.29, 1.82) is 0 Å². The molecule has 0 N–H and O–H groups in total. The first-order valence-electron chi connectivity index (χ1n) is 9.31. The van der Waals surface area contributed by atoms with Gasteiger partial charge in [-0.1, -0.05) is 18.2 Å². The maximum Gasteiger partial charge on any atom is 0.338 e. The largest absolute Gasteiger partial charge is 0.493 e. The van der Waals surface area contributed by atoms with E-state index in [-0.39, 0.29) is 12.5 Å². The number of thiazole rings is 1. The molecule has 0 unspecified atom stereocenters. The van der Waals surface area contributed by atoms with Gasteiger partial charge in [-0.2, -0.15) is 0 Å². The van der Waals surface area contributed by atoms with E-state index in [1.165, 1.54) is 30.3 Å². The fourth-order valence-corrected chi connectivity index (χ4v) is 3.64. The Hall–Kier alpha value is -3.39. The van der Waals surface area contributed by atoms with Crippen LogP contribution in [0.25, 0.3) is 0 Å². The predicted octanol–water partition coefficient (Wildman–Crippen LogP) is 4.59. The summed E-state index contributed by atoms with van der Waals surface area (Å²) in [7, 11) is 1.54. The Morgan fingerprint density at radius 2 is 1.87 bits per heavy atom. The van der Waals surface area contributed by atoms with Crippen molar-refractivity contribution in [3.8, 4) is 11.5 Å². The topological polar surface area (TPSA) is 78.0 Å². The van der Waals surface area contributed by atoms with Crippen LogP contribution in [0.15, 0.2) is 53.9 Å². The molecule has 3 rings (SSSR count). The molecule has 0 radical (unpaired) electrons. The van der Waals surface area contributed by atoms with Crippen LogP contribution in [0.4, 0.5) is 10.8 Å². The number of nitrogens with zero attached hydrogens (tertiary/aromatic N) is 2. The number of anilines is 2. The van der Waals surface area contributed by atoms with Gasteiger partial charge in [0.1, 0.15) is 6.61 Å². The molecule has 8 heteroatoms. The molecule has 0 aliphatic heterocycles. The van der Waals surface area contributed by atoms with Crippen LogP contribution in [0.3, 0.4) is 0 Å². The van der Waals surface area contributed by atoms with Gasteiger partial charge in [0.05, 0.1) is 30.7 Å². The molecule has 1 amide bonds. The van der Waals surface area contributed by atoms with Gasteiger partial charge in [0, 0.05) is 12.3 Å².